The Morgan fingerprint density at radius 1 is 1.03 bits per heavy atom. The van der Waals surface area contributed by atoms with Crippen molar-refractivity contribution in [2.45, 2.75) is 72.4 Å². The summed E-state index contributed by atoms with van der Waals surface area (Å²) in [5.41, 5.74) is 5.38. The fourth-order valence-corrected chi connectivity index (χ4v) is 3.25. The topological polar surface area (TPSA) is 58.6 Å². The summed E-state index contributed by atoms with van der Waals surface area (Å²) in [6.45, 7) is 11.6. The first kappa shape index (κ1) is 26.2. The average molecular weight is 451 g/mol. The van der Waals surface area contributed by atoms with E-state index < -0.39 is 17.6 Å². The largest absolute Gasteiger partial charge is 0.458 e. The first-order valence-corrected chi connectivity index (χ1v) is 11.7. The van der Waals surface area contributed by atoms with Crippen LogP contribution >= 0.6 is 0 Å². The second kappa shape index (κ2) is 12.2. The molecule has 0 radical (unpaired) electrons. The van der Waals surface area contributed by atoms with Gasteiger partial charge < -0.3 is 4.74 Å². The molecule has 1 amide bonds. The highest BCUT2D eigenvalue weighted by molar-refractivity contribution is 5.86. The Kier molecular flexibility index (Phi) is 9.71. The fourth-order valence-electron chi connectivity index (χ4n) is 3.25. The molecule has 0 aliphatic rings. The summed E-state index contributed by atoms with van der Waals surface area (Å²) in [6, 6.07) is 16.8. The number of para-hydroxylation sites is 1. The van der Waals surface area contributed by atoms with Gasteiger partial charge in [0, 0.05) is 6.42 Å². The van der Waals surface area contributed by atoms with E-state index in [1.165, 1.54) is 5.01 Å². The number of hydrazine groups is 1. The van der Waals surface area contributed by atoms with E-state index in [9.17, 15) is 9.59 Å². The first-order chi connectivity index (χ1) is 15.6. The molecule has 0 aliphatic heterocycles. The molecule has 0 saturated heterocycles. The maximum Gasteiger partial charge on any atom is 0.331 e. The Labute approximate surface area is 198 Å². The first-order valence-electron chi connectivity index (χ1n) is 11.7. The molecule has 5 nitrogen and oxygen atoms in total. The lowest BCUT2D eigenvalue weighted by Gasteiger charge is -2.33. The number of esters is 1. The zero-order valence-electron chi connectivity index (χ0n) is 20.8. The van der Waals surface area contributed by atoms with Gasteiger partial charge in [-0.25, -0.2) is 9.80 Å². The highest BCUT2D eigenvalue weighted by atomic mass is 16.6. The number of aryl methyl sites for hydroxylation is 1. The Morgan fingerprint density at radius 2 is 1.67 bits per heavy atom. The summed E-state index contributed by atoms with van der Waals surface area (Å²) in [4.78, 5) is 26.6. The van der Waals surface area contributed by atoms with Crippen LogP contribution in [0.25, 0.3) is 6.08 Å². The molecule has 1 N–H and O–H groups in total. The molecule has 2 aromatic carbocycles. The summed E-state index contributed by atoms with van der Waals surface area (Å²) in [6.07, 6.45) is 5.30. The molecule has 1 atom stereocenters. The number of carbonyl (C=O) groups excluding carboxylic acids is 2. The van der Waals surface area contributed by atoms with Crippen LogP contribution in [0.3, 0.4) is 0 Å². The molecule has 5 heteroatoms. The highest BCUT2D eigenvalue weighted by Gasteiger charge is 2.33. The van der Waals surface area contributed by atoms with Gasteiger partial charge in [0.15, 0.2) is 6.04 Å². The minimum Gasteiger partial charge on any atom is -0.458 e. The molecule has 0 unspecified atom stereocenters. The number of benzene rings is 2. The second-order valence-corrected chi connectivity index (χ2v) is 9.72. The number of amides is 1. The van der Waals surface area contributed by atoms with Crippen LogP contribution in [0.15, 0.2) is 60.7 Å². The molecule has 2 aromatic rings. The van der Waals surface area contributed by atoms with Gasteiger partial charge in [-0.3, -0.25) is 10.2 Å². The van der Waals surface area contributed by atoms with E-state index in [1.54, 1.807) is 0 Å². The number of hydrogen-bond acceptors (Lipinski definition) is 4. The lowest BCUT2D eigenvalue weighted by atomic mass is 10.1. The number of nitrogens with one attached hydrogen (secondary N) is 1. The average Bonchev–Trinajstić information content (AvgIpc) is 2.74. The SMILES string of the molecule is Cc1ccccc1NN(C(=O)CCC(C)C)[C@@H](CC=Cc1ccccc1)C(=O)OC(C)(C)C. The predicted molar refractivity (Wildman–Crippen MR) is 135 cm³/mol. The zero-order chi connectivity index (χ0) is 24.4. The smallest absolute Gasteiger partial charge is 0.331 e. The van der Waals surface area contributed by atoms with Gasteiger partial charge in [0.25, 0.3) is 0 Å². The van der Waals surface area contributed by atoms with Gasteiger partial charge in [-0.05, 0) is 63.6 Å². The van der Waals surface area contributed by atoms with Gasteiger partial charge in [-0.1, -0.05) is 74.5 Å². The maximum atomic E-state index is 13.3. The molecular weight excluding hydrogens is 412 g/mol. The van der Waals surface area contributed by atoms with Crippen molar-refractivity contribution in [3.05, 3.63) is 71.8 Å². The number of carbonyl (C=O) groups is 2. The second-order valence-electron chi connectivity index (χ2n) is 9.72. The molecule has 2 rings (SSSR count). The summed E-state index contributed by atoms with van der Waals surface area (Å²) in [5, 5.41) is 1.47. The monoisotopic (exact) mass is 450 g/mol. The van der Waals surface area contributed by atoms with Crippen molar-refractivity contribution in [3.8, 4) is 0 Å². The van der Waals surface area contributed by atoms with Crippen molar-refractivity contribution < 1.29 is 14.3 Å². The van der Waals surface area contributed by atoms with Gasteiger partial charge in [0.2, 0.25) is 5.91 Å². The molecule has 0 fully saturated rings. The minimum atomic E-state index is -0.802. The summed E-state index contributed by atoms with van der Waals surface area (Å²) >= 11 is 0. The van der Waals surface area contributed by atoms with Crippen LogP contribution in [0.2, 0.25) is 0 Å². The summed E-state index contributed by atoms with van der Waals surface area (Å²) < 4.78 is 5.72. The third-order valence-corrected chi connectivity index (χ3v) is 5.05. The number of ether oxygens (including phenoxy) is 1. The van der Waals surface area contributed by atoms with Crippen molar-refractivity contribution in [2.24, 2.45) is 5.92 Å². The molecule has 178 valence electrons. The van der Waals surface area contributed by atoms with E-state index in [1.807, 2.05) is 94.4 Å². The molecular formula is C28H38N2O3. The van der Waals surface area contributed by atoms with Crippen LogP contribution in [-0.4, -0.2) is 28.5 Å². The summed E-state index contributed by atoms with van der Waals surface area (Å²) in [5.74, 6) is -0.178. The lowest BCUT2D eigenvalue weighted by molar-refractivity contribution is -0.164. The molecule has 0 saturated carbocycles. The molecule has 33 heavy (non-hydrogen) atoms. The van der Waals surface area contributed by atoms with Gasteiger partial charge >= 0.3 is 5.97 Å². The highest BCUT2D eigenvalue weighted by Crippen LogP contribution is 2.21. The van der Waals surface area contributed by atoms with E-state index in [-0.39, 0.29) is 5.91 Å². The van der Waals surface area contributed by atoms with Gasteiger partial charge in [-0.2, -0.15) is 0 Å². The predicted octanol–water partition coefficient (Wildman–Crippen LogP) is 6.40. The van der Waals surface area contributed by atoms with Crippen molar-refractivity contribution in [3.63, 3.8) is 0 Å². The molecule has 0 aliphatic carbocycles. The maximum absolute atomic E-state index is 13.3. The molecule has 0 bridgehead atoms. The normalized spacial score (nSPS) is 12.6. The number of rotatable bonds is 10. The van der Waals surface area contributed by atoms with Gasteiger partial charge in [0.05, 0.1) is 5.69 Å². The van der Waals surface area contributed by atoms with Crippen molar-refractivity contribution in [2.75, 3.05) is 5.43 Å². The van der Waals surface area contributed by atoms with E-state index in [4.69, 9.17) is 4.74 Å². The molecule has 0 spiro atoms. The zero-order valence-corrected chi connectivity index (χ0v) is 20.8. The fraction of sp³-hybridized carbons (Fsp3) is 0.429. The van der Waals surface area contributed by atoms with Crippen molar-refractivity contribution >= 4 is 23.6 Å². The van der Waals surface area contributed by atoms with Crippen LogP contribution in [-0.2, 0) is 14.3 Å². The van der Waals surface area contributed by atoms with Crippen LogP contribution in [0, 0.1) is 12.8 Å². The standard InChI is InChI=1S/C28H38N2O3/c1-21(2)19-20-26(31)30(29-24-17-11-10-13-22(24)3)25(27(32)33-28(4,5)6)18-12-16-23-14-8-7-9-15-23/h7-17,21,25,29H,18-20H2,1-6H3/t25-/m0/s1. The van der Waals surface area contributed by atoms with E-state index >= 15 is 0 Å². The number of anilines is 1. The quantitative estimate of drug-likeness (QED) is 0.336. The number of hydrogen-bond donors (Lipinski definition) is 1. The molecule has 0 aromatic heterocycles. The van der Waals surface area contributed by atoms with Crippen molar-refractivity contribution in [1.29, 1.82) is 0 Å². The van der Waals surface area contributed by atoms with Crippen LogP contribution in [0.5, 0.6) is 0 Å². The van der Waals surface area contributed by atoms with Crippen molar-refractivity contribution in [1.82, 2.24) is 5.01 Å². The van der Waals surface area contributed by atoms with Gasteiger partial charge in [0.1, 0.15) is 5.60 Å². The Bertz CT molecular complexity index is 930. The van der Waals surface area contributed by atoms with E-state index in [2.05, 4.69) is 19.3 Å². The number of nitrogens with zero attached hydrogens (tertiary/aromatic N) is 1. The third-order valence-electron chi connectivity index (χ3n) is 5.05. The van der Waals surface area contributed by atoms with Crippen LogP contribution in [0.4, 0.5) is 5.69 Å². The Hall–Kier alpha value is -3.08. The minimum absolute atomic E-state index is 0.129. The third kappa shape index (κ3) is 9.13. The lowest BCUT2D eigenvalue weighted by Crippen LogP contribution is -2.50. The van der Waals surface area contributed by atoms with Crippen LogP contribution in [0.1, 0.15) is 65.0 Å². The van der Waals surface area contributed by atoms with E-state index in [0.29, 0.717) is 18.8 Å². The summed E-state index contributed by atoms with van der Waals surface area (Å²) in [7, 11) is 0. The van der Waals surface area contributed by atoms with E-state index in [0.717, 1.165) is 23.2 Å². The molecule has 0 heterocycles. The Balaban J connectivity index is 2.37. The van der Waals surface area contributed by atoms with Crippen LogP contribution < -0.4 is 5.43 Å². The van der Waals surface area contributed by atoms with Gasteiger partial charge in [-0.15, -0.1) is 0 Å². The Morgan fingerprint density at radius 3 is 2.27 bits per heavy atom.